The van der Waals surface area contributed by atoms with Crippen LogP contribution in [0.15, 0.2) is 42.6 Å². The number of carbonyl (C=O) groups excluding carboxylic acids is 1. The molecule has 1 heterocycles. The van der Waals surface area contributed by atoms with E-state index in [-0.39, 0.29) is 18.1 Å². The number of rotatable bonds is 6. The number of halogens is 1. The van der Waals surface area contributed by atoms with Gasteiger partial charge in [0.2, 0.25) is 5.91 Å². The minimum atomic E-state index is -0.373. The van der Waals surface area contributed by atoms with E-state index < -0.39 is 0 Å². The van der Waals surface area contributed by atoms with Crippen molar-refractivity contribution in [1.82, 2.24) is 4.98 Å². The topological polar surface area (TPSA) is 45.2 Å². The Morgan fingerprint density at radius 2 is 1.91 bits per heavy atom. The molecule has 5 heteroatoms. The number of hydrogen-bond donors (Lipinski definition) is 1. The van der Waals surface area contributed by atoms with Crippen molar-refractivity contribution in [2.75, 3.05) is 23.3 Å². The Morgan fingerprint density at radius 1 is 1.18 bits per heavy atom. The summed E-state index contributed by atoms with van der Waals surface area (Å²) >= 11 is 0. The lowest BCUT2D eigenvalue weighted by atomic mass is 10.1. The van der Waals surface area contributed by atoms with Crippen LogP contribution >= 0.6 is 0 Å². The lowest BCUT2D eigenvalue weighted by molar-refractivity contribution is -0.115. The summed E-state index contributed by atoms with van der Waals surface area (Å²) in [6, 6.07) is 9.93. The molecule has 1 amide bonds. The molecule has 0 aliphatic carbocycles. The Bertz CT molecular complexity index is 624. The maximum Gasteiger partial charge on any atom is 0.230 e. The standard InChI is InChI=1S/C17H20FN3O/c1-3-21(4-2)14-9-10-16(19-12-14)20-17(22)11-13-7-5-6-8-15(13)18/h5-10,12H,3-4,11H2,1-2H3,(H,19,20,22). The van der Waals surface area contributed by atoms with Gasteiger partial charge < -0.3 is 10.2 Å². The van der Waals surface area contributed by atoms with Crippen LogP contribution in [0.25, 0.3) is 0 Å². The van der Waals surface area contributed by atoms with Gasteiger partial charge in [-0.2, -0.15) is 0 Å². The van der Waals surface area contributed by atoms with Gasteiger partial charge in [-0.15, -0.1) is 0 Å². The summed E-state index contributed by atoms with van der Waals surface area (Å²) < 4.78 is 13.5. The lowest BCUT2D eigenvalue weighted by Crippen LogP contribution is -2.22. The summed E-state index contributed by atoms with van der Waals surface area (Å²) in [6.07, 6.45) is 1.72. The van der Waals surface area contributed by atoms with Gasteiger partial charge in [-0.05, 0) is 37.6 Å². The zero-order valence-corrected chi connectivity index (χ0v) is 12.8. The predicted molar refractivity (Wildman–Crippen MR) is 86.5 cm³/mol. The van der Waals surface area contributed by atoms with E-state index in [1.807, 2.05) is 6.07 Å². The molecule has 1 aromatic carbocycles. The van der Waals surface area contributed by atoms with E-state index in [0.717, 1.165) is 18.8 Å². The van der Waals surface area contributed by atoms with Crippen molar-refractivity contribution in [3.8, 4) is 0 Å². The second kappa shape index (κ2) is 7.54. The first-order chi connectivity index (χ1) is 10.6. The highest BCUT2D eigenvalue weighted by atomic mass is 19.1. The van der Waals surface area contributed by atoms with Crippen molar-refractivity contribution < 1.29 is 9.18 Å². The molecule has 0 spiro atoms. The van der Waals surface area contributed by atoms with Crippen LogP contribution in [0.3, 0.4) is 0 Å². The molecule has 22 heavy (non-hydrogen) atoms. The van der Waals surface area contributed by atoms with Crippen LogP contribution in [-0.4, -0.2) is 24.0 Å². The third-order valence-corrected chi connectivity index (χ3v) is 3.45. The summed E-state index contributed by atoms with van der Waals surface area (Å²) in [6.45, 7) is 5.95. The van der Waals surface area contributed by atoms with E-state index in [0.29, 0.717) is 11.4 Å². The summed E-state index contributed by atoms with van der Waals surface area (Å²) in [5.41, 5.74) is 1.39. The van der Waals surface area contributed by atoms with Crippen LogP contribution in [-0.2, 0) is 11.2 Å². The van der Waals surface area contributed by atoms with Gasteiger partial charge in [0.25, 0.3) is 0 Å². The van der Waals surface area contributed by atoms with Gasteiger partial charge in [-0.25, -0.2) is 9.37 Å². The molecule has 0 radical (unpaired) electrons. The lowest BCUT2D eigenvalue weighted by Gasteiger charge is -2.20. The molecular formula is C17H20FN3O. The van der Waals surface area contributed by atoms with Crippen LogP contribution < -0.4 is 10.2 Å². The van der Waals surface area contributed by atoms with Gasteiger partial charge in [0, 0.05) is 13.1 Å². The normalized spacial score (nSPS) is 10.3. The second-order valence-electron chi connectivity index (χ2n) is 4.89. The molecule has 0 unspecified atom stereocenters. The maximum atomic E-state index is 13.5. The highest BCUT2D eigenvalue weighted by Gasteiger charge is 2.09. The number of pyridine rings is 1. The molecule has 0 saturated carbocycles. The molecule has 2 rings (SSSR count). The molecule has 0 aliphatic rings. The fraction of sp³-hybridized carbons (Fsp3) is 0.294. The molecule has 4 nitrogen and oxygen atoms in total. The number of aromatic nitrogens is 1. The van der Waals surface area contributed by atoms with Gasteiger partial charge in [-0.1, -0.05) is 18.2 Å². The molecule has 116 valence electrons. The quantitative estimate of drug-likeness (QED) is 0.891. The third-order valence-electron chi connectivity index (χ3n) is 3.45. The zero-order valence-electron chi connectivity index (χ0n) is 12.8. The predicted octanol–water partition coefficient (Wildman–Crippen LogP) is 3.25. The van der Waals surface area contributed by atoms with E-state index in [4.69, 9.17) is 0 Å². The summed E-state index contributed by atoms with van der Waals surface area (Å²) in [5, 5.41) is 2.68. The molecule has 0 aliphatic heterocycles. The van der Waals surface area contributed by atoms with Crippen LogP contribution in [0.1, 0.15) is 19.4 Å². The van der Waals surface area contributed by atoms with Gasteiger partial charge in [0.1, 0.15) is 11.6 Å². The fourth-order valence-corrected chi connectivity index (χ4v) is 2.24. The average Bonchev–Trinajstić information content (AvgIpc) is 2.52. The molecule has 0 atom stereocenters. The summed E-state index contributed by atoms with van der Waals surface area (Å²) in [4.78, 5) is 18.3. The van der Waals surface area contributed by atoms with Gasteiger partial charge in [-0.3, -0.25) is 4.79 Å². The maximum absolute atomic E-state index is 13.5. The molecule has 2 aromatic rings. The minimum absolute atomic E-state index is 0.00779. The number of nitrogens with zero attached hydrogens (tertiary/aromatic N) is 2. The van der Waals surface area contributed by atoms with Gasteiger partial charge >= 0.3 is 0 Å². The van der Waals surface area contributed by atoms with Gasteiger partial charge in [0.15, 0.2) is 0 Å². The number of benzene rings is 1. The Kier molecular flexibility index (Phi) is 5.47. The number of anilines is 2. The van der Waals surface area contributed by atoms with Crippen molar-refractivity contribution in [3.63, 3.8) is 0 Å². The Balaban J connectivity index is 1.99. The molecule has 1 N–H and O–H groups in total. The largest absolute Gasteiger partial charge is 0.371 e. The van der Waals surface area contributed by atoms with Gasteiger partial charge in [0.05, 0.1) is 18.3 Å². The van der Waals surface area contributed by atoms with E-state index in [1.165, 1.54) is 6.07 Å². The molecule has 0 saturated heterocycles. The first kappa shape index (κ1) is 15.9. The zero-order chi connectivity index (χ0) is 15.9. The van der Waals surface area contributed by atoms with Crippen molar-refractivity contribution in [2.45, 2.75) is 20.3 Å². The van der Waals surface area contributed by atoms with E-state index in [2.05, 4.69) is 29.0 Å². The highest BCUT2D eigenvalue weighted by Crippen LogP contribution is 2.15. The average molecular weight is 301 g/mol. The van der Waals surface area contributed by atoms with E-state index >= 15 is 0 Å². The number of nitrogens with one attached hydrogen (secondary N) is 1. The van der Waals surface area contributed by atoms with Crippen molar-refractivity contribution in [2.24, 2.45) is 0 Å². The van der Waals surface area contributed by atoms with Crippen LogP contribution in [0, 0.1) is 5.82 Å². The molecular weight excluding hydrogens is 281 g/mol. The SMILES string of the molecule is CCN(CC)c1ccc(NC(=O)Cc2ccccc2F)nc1. The Morgan fingerprint density at radius 3 is 2.50 bits per heavy atom. The third kappa shape index (κ3) is 4.04. The molecule has 0 fully saturated rings. The Labute approximate surface area is 130 Å². The number of hydrogen-bond acceptors (Lipinski definition) is 3. The van der Waals surface area contributed by atoms with Crippen LogP contribution in [0.5, 0.6) is 0 Å². The molecule has 0 bridgehead atoms. The van der Waals surface area contributed by atoms with Crippen molar-refractivity contribution >= 4 is 17.4 Å². The van der Waals surface area contributed by atoms with E-state index in [9.17, 15) is 9.18 Å². The number of amides is 1. The second-order valence-corrected chi connectivity index (χ2v) is 4.89. The monoisotopic (exact) mass is 301 g/mol. The number of carbonyl (C=O) groups is 1. The van der Waals surface area contributed by atoms with Crippen molar-refractivity contribution in [3.05, 3.63) is 54.0 Å². The first-order valence-corrected chi connectivity index (χ1v) is 7.38. The minimum Gasteiger partial charge on any atom is -0.371 e. The first-order valence-electron chi connectivity index (χ1n) is 7.38. The molecule has 1 aromatic heterocycles. The van der Waals surface area contributed by atoms with Crippen LogP contribution in [0.2, 0.25) is 0 Å². The fourth-order valence-electron chi connectivity index (χ4n) is 2.24. The highest BCUT2D eigenvalue weighted by molar-refractivity contribution is 5.91. The Hall–Kier alpha value is -2.43. The van der Waals surface area contributed by atoms with E-state index in [1.54, 1.807) is 30.5 Å². The van der Waals surface area contributed by atoms with Crippen molar-refractivity contribution in [1.29, 1.82) is 0 Å². The summed E-state index contributed by atoms with van der Waals surface area (Å²) in [7, 11) is 0. The summed E-state index contributed by atoms with van der Waals surface area (Å²) in [5.74, 6) is -0.187. The van der Waals surface area contributed by atoms with Crippen LogP contribution in [0.4, 0.5) is 15.9 Å². The smallest absolute Gasteiger partial charge is 0.230 e.